The highest BCUT2D eigenvalue weighted by Gasteiger charge is 2.20. The van der Waals surface area contributed by atoms with Crippen LogP contribution in [0, 0.1) is 0 Å². The zero-order valence-electron chi connectivity index (χ0n) is 8.97. The van der Waals surface area contributed by atoms with Crippen molar-refractivity contribution < 1.29 is 14.4 Å². The predicted octanol–water partition coefficient (Wildman–Crippen LogP) is -1.99. The Labute approximate surface area is 96.7 Å². The van der Waals surface area contributed by atoms with E-state index in [1.165, 1.54) is 12.3 Å². The number of nitrogen functional groups attached to an aromatic ring is 1. The fourth-order valence-corrected chi connectivity index (χ4v) is 1.28. The second-order valence-electron chi connectivity index (χ2n) is 3.44. The van der Waals surface area contributed by atoms with Gasteiger partial charge in [-0.3, -0.25) is 14.4 Å². The maximum Gasteiger partial charge on any atom is 0.271 e. The van der Waals surface area contributed by atoms with E-state index in [1.54, 1.807) is 0 Å². The minimum atomic E-state index is -0.737. The number of hydrogen-bond donors (Lipinski definition) is 4. The molecule has 3 amide bonds. The third-order valence-electron chi connectivity index (χ3n) is 1.92. The molecule has 7 N–H and O–H groups in total. The molecule has 0 spiro atoms. The molecule has 8 nitrogen and oxygen atoms in total. The first-order valence-corrected chi connectivity index (χ1v) is 4.70. The molecule has 1 aromatic heterocycles. The number of amides is 3. The van der Waals surface area contributed by atoms with Crippen LogP contribution in [0.5, 0.6) is 0 Å². The number of aromatic amines is 1. The normalized spacial score (nSPS) is 9.88. The van der Waals surface area contributed by atoms with Gasteiger partial charge in [0.15, 0.2) is 0 Å². The van der Waals surface area contributed by atoms with Crippen LogP contribution >= 0.6 is 0 Å². The van der Waals surface area contributed by atoms with Gasteiger partial charge in [-0.05, 0) is 6.07 Å². The van der Waals surface area contributed by atoms with E-state index in [-0.39, 0.29) is 18.8 Å². The Morgan fingerprint density at radius 2 is 1.71 bits per heavy atom. The monoisotopic (exact) mass is 239 g/mol. The first-order valence-electron chi connectivity index (χ1n) is 4.70. The van der Waals surface area contributed by atoms with Gasteiger partial charge in [-0.2, -0.15) is 0 Å². The van der Waals surface area contributed by atoms with Crippen molar-refractivity contribution in [1.29, 1.82) is 0 Å². The van der Waals surface area contributed by atoms with Gasteiger partial charge in [0.2, 0.25) is 11.8 Å². The van der Waals surface area contributed by atoms with Gasteiger partial charge in [0.05, 0.1) is 0 Å². The first-order chi connectivity index (χ1) is 7.90. The van der Waals surface area contributed by atoms with Crippen LogP contribution in [0.2, 0.25) is 0 Å². The summed E-state index contributed by atoms with van der Waals surface area (Å²) in [5.74, 6) is -2.04. The van der Waals surface area contributed by atoms with E-state index in [9.17, 15) is 14.4 Å². The Hall–Kier alpha value is -2.51. The summed E-state index contributed by atoms with van der Waals surface area (Å²) in [5, 5.41) is 0. The van der Waals surface area contributed by atoms with E-state index < -0.39 is 17.7 Å². The van der Waals surface area contributed by atoms with Crippen molar-refractivity contribution in [1.82, 2.24) is 9.88 Å². The lowest BCUT2D eigenvalue weighted by molar-refractivity contribution is -0.121. The van der Waals surface area contributed by atoms with Gasteiger partial charge in [0.1, 0.15) is 18.8 Å². The number of hydrogen-bond acceptors (Lipinski definition) is 4. The highest BCUT2D eigenvalue weighted by Crippen LogP contribution is 2.07. The molecule has 0 aliphatic carbocycles. The zero-order chi connectivity index (χ0) is 13.0. The number of anilines is 1. The molecule has 1 aromatic rings. The SMILES string of the molecule is NC(=O)CN(CC(N)=O)C(=O)c1cc(N)c[nH]1. The van der Waals surface area contributed by atoms with Crippen LogP contribution in [-0.4, -0.2) is 40.7 Å². The molecular formula is C9H13N5O3. The Bertz CT molecular complexity index is 437. The Morgan fingerprint density at radius 1 is 1.18 bits per heavy atom. The van der Waals surface area contributed by atoms with Crippen molar-refractivity contribution >= 4 is 23.4 Å². The van der Waals surface area contributed by atoms with E-state index in [2.05, 4.69) is 4.98 Å². The van der Waals surface area contributed by atoms with Crippen LogP contribution in [0.4, 0.5) is 5.69 Å². The summed E-state index contributed by atoms with van der Waals surface area (Å²) in [4.78, 5) is 37.0. The number of nitrogens with zero attached hydrogens (tertiary/aromatic N) is 1. The van der Waals surface area contributed by atoms with Crippen molar-refractivity contribution in [2.75, 3.05) is 18.8 Å². The molecule has 0 saturated heterocycles. The van der Waals surface area contributed by atoms with E-state index in [0.29, 0.717) is 5.69 Å². The van der Waals surface area contributed by atoms with E-state index in [0.717, 1.165) is 4.90 Å². The Morgan fingerprint density at radius 3 is 2.06 bits per heavy atom. The maximum absolute atomic E-state index is 11.9. The second kappa shape index (κ2) is 5.01. The molecule has 17 heavy (non-hydrogen) atoms. The number of H-pyrrole nitrogens is 1. The highest BCUT2D eigenvalue weighted by atomic mass is 16.2. The minimum Gasteiger partial charge on any atom is -0.397 e. The summed E-state index contributed by atoms with van der Waals surface area (Å²) in [6.07, 6.45) is 1.42. The molecule has 0 bridgehead atoms. The number of primary amides is 2. The number of nitrogens with two attached hydrogens (primary N) is 3. The summed E-state index contributed by atoms with van der Waals surface area (Å²) < 4.78 is 0. The van der Waals surface area contributed by atoms with Gasteiger partial charge >= 0.3 is 0 Å². The van der Waals surface area contributed by atoms with Gasteiger partial charge in [-0.25, -0.2) is 0 Å². The second-order valence-corrected chi connectivity index (χ2v) is 3.44. The van der Waals surface area contributed by atoms with Crippen LogP contribution < -0.4 is 17.2 Å². The van der Waals surface area contributed by atoms with Crippen molar-refractivity contribution in [2.45, 2.75) is 0 Å². The summed E-state index contributed by atoms with van der Waals surface area (Å²) in [6, 6.07) is 1.39. The molecular weight excluding hydrogens is 226 g/mol. The Balaban J connectivity index is 2.85. The summed E-state index contributed by atoms with van der Waals surface area (Å²) in [6.45, 7) is -0.776. The Kier molecular flexibility index (Phi) is 3.70. The summed E-state index contributed by atoms with van der Waals surface area (Å²) in [5.41, 5.74) is 15.9. The summed E-state index contributed by atoms with van der Waals surface area (Å²) in [7, 11) is 0. The minimum absolute atomic E-state index is 0.157. The summed E-state index contributed by atoms with van der Waals surface area (Å²) >= 11 is 0. The molecule has 92 valence electrons. The van der Waals surface area contributed by atoms with Crippen molar-refractivity contribution in [3.63, 3.8) is 0 Å². The third-order valence-corrected chi connectivity index (χ3v) is 1.92. The third kappa shape index (κ3) is 3.52. The topological polar surface area (TPSA) is 148 Å². The lowest BCUT2D eigenvalue weighted by Crippen LogP contribution is -2.43. The lowest BCUT2D eigenvalue weighted by Gasteiger charge is -2.18. The van der Waals surface area contributed by atoms with E-state index in [4.69, 9.17) is 17.2 Å². The van der Waals surface area contributed by atoms with Crippen LogP contribution in [0.15, 0.2) is 12.3 Å². The van der Waals surface area contributed by atoms with Gasteiger partial charge in [-0.15, -0.1) is 0 Å². The first kappa shape index (κ1) is 12.6. The van der Waals surface area contributed by atoms with Crippen LogP contribution in [0.3, 0.4) is 0 Å². The fourth-order valence-electron chi connectivity index (χ4n) is 1.28. The molecule has 0 aromatic carbocycles. The molecule has 0 atom stereocenters. The largest absolute Gasteiger partial charge is 0.397 e. The van der Waals surface area contributed by atoms with Crippen LogP contribution in [-0.2, 0) is 9.59 Å². The number of carbonyl (C=O) groups is 3. The fraction of sp³-hybridized carbons (Fsp3) is 0.222. The van der Waals surface area contributed by atoms with E-state index in [1.807, 2.05) is 0 Å². The number of rotatable bonds is 5. The van der Waals surface area contributed by atoms with Crippen molar-refractivity contribution in [3.8, 4) is 0 Å². The quantitative estimate of drug-likeness (QED) is 0.470. The molecule has 1 rings (SSSR count). The van der Waals surface area contributed by atoms with Crippen molar-refractivity contribution in [2.24, 2.45) is 11.5 Å². The maximum atomic E-state index is 11.9. The highest BCUT2D eigenvalue weighted by molar-refractivity contribution is 5.97. The molecule has 0 aliphatic rings. The number of nitrogens with one attached hydrogen (secondary N) is 1. The van der Waals surface area contributed by atoms with Gasteiger partial charge < -0.3 is 27.1 Å². The van der Waals surface area contributed by atoms with Gasteiger partial charge in [0, 0.05) is 11.9 Å². The molecule has 8 heteroatoms. The number of carbonyl (C=O) groups excluding carboxylic acids is 3. The molecule has 0 radical (unpaired) electrons. The molecule has 0 unspecified atom stereocenters. The van der Waals surface area contributed by atoms with Crippen LogP contribution in [0.25, 0.3) is 0 Å². The zero-order valence-corrected chi connectivity index (χ0v) is 8.97. The van der Waals surface area contributed by atoms with E-state index >= 15 is 0 Å². The number of aromatic nitrogens is 1. The standard InChI is InChI=1S/C9H13N5O3/c10-5-1-6(13-2-5)9(17)14(3-7(11)15)4-8(12)16/h1-2,13H,3-4,10H2,(H2,11,15)(H2,12,16). The molecule has 1 heterocycles. The molecule has 0 saturated carbocycles. The average Bonchev–Trinajstić information content (AvgIpc) is 2.61. The smallest absolute Gasteiger partial charge is 0.271 e. The lowest BCUT2D eigenvalue weighted by atomic mass is 10.3. The van der Waals surface area contributed by atoms with Gasteiger partial charge in [-0.1, -0.05) is 0 Å². The molecule has 0 aliphatic heterocycles. The van der Waals surface area contributed by atoms with Crippen molar-refractivity contribution in [3.05, 3.63) is 18.0 Å². The average molecular weight is 239 g/mol. The van der Waals surface area contributed by atoms with Gasteiger partial charge in [0.25, 0.3) is 5.91 Å². The molecule has 0 fully saturated rings. The predicted molar refractivity (Wildman–Crippen MR) is 59.5 cm³/mol. The van der Waals surface area contributed by atoms with Crippen LogP contribution in [0.1, 0.15) is 10.5 Å².